The van der Waals surface area contributed by atoms with E-state index in [1.54, 1.807) is 0 Å². The summed E-state index contributed by atoms with van der Waals surface area (Å²) >= 11 is 0. The Morgan fingerprint density at radius 1 is 1.15 bits per heavy atom. The number of hydrogen-bond acceptors (Lipinski definition) is 4. The number of hydrogen-bond donors (Lipinski definition) is 0. The Labute approximate surface area is 122 Å². The minimum absolute atomic E-state index is 0.797. The zero-order chi connectivity index (χ0) is 14.2. The molecule has 0 saturated carbocycles. The molecule has 4 heteroatoms. The Hall–Kier alpha value is -1.55. The Kier molecular flexibility index (Phi) is 5.87. The van der Waals surface area contributed by atoms with Crippen LogP contribution in [0.15, 0.2) is 29.4 Å². The molecule has 0 N–H and O–H groups in total. The van der Waals surface area contributed by atoms with Gasteiger partial charge in [-0.3, -0.25) is 5.01 Å². The van der Waals surface area contributed by atoms with Gasteiger partial charge in [-0.05, 0) is 43.3 Å². The number of nitrogens with zero attached hydrogens (tertiary/aromatic N) is 3. The first-order valence-corrected chi connectivity index (χ1v) is 7.48. The second-order valence-electron chi connectivity index (χ2n) is 5.27. The molecule has 110 valence electrons. The molecule has 1 heterocycles. The summed E-state index contributed by atoms with van der Waals surface area (Å²) in [6.07, 6.45) is 4.20. The molecule has 1 aliphatic heterocycles. The van der Waals surface area contributed by atoms with E-state index in [9.17, 15) is 0 Å². The molecule has 0 spiro atoms. The Morgan fingerprint density at radius 2 is 1.85 bits per heavy atom. The molecule has 1 aliphatic rings. The van der Waals surface area contributed by atoms with Gasteiger partial charge in [0, 0.05) is 26.2 Å². The molecule has 1 aromatic rings. The molecule has 0 radical (unpaired) electrons. The van der Waals surface area contributed by atoms with Crippen molar-refractivity contribution in [1.82, 2.24) is 9.91 Å². The Balaban J connectivity index is 1.80. The molecular formula is C16H25N3O. The molecule has 0 amide bonds. The maximum absolute atomic E-state index is 5.65. The monoisotopic (exact) mass is 275 g/mol. The van der Waals surface area contributed by atoms with Crippen LogP contribution in [0.3, 0.4) is 0 Å². The van der Waals surface area contributed by atoms with Gasteiger partial charge in [-0.1, -0.05) is 13.3 Å². The molecule has 1 fully saturated rings. The van der Waals surface area contributed by atoms with Crippen molar-refractivity contribution in [1.29, 1.82) is 0 Å². The topological polar surface area (TPSA) is 28.1 Å². The average molecular weight is 275 g/mol. The smallest absolute Gasteiger partial charge is 0.119 e. The predicted octanol–water partition coefficient (Wildman–Crippen LogP) is 2.45. The molecule has 0 unspecified atom stereocenters. The highest BCUT2D eigenvalue weighted by molar-refractivity contribution is 5.79. The SMILES string of the molecule is CCCCOc1ccc(/C=N/N2CCN(C)CC2)cc1. The first-order valence-electron chi connectivity index (χ1n) is 7.48. The van der Waals surface area contributed by atoms with Crippen LogP contribution in [0.4, 0.5) is 0 Å². The molecular weight excluding hydrogens is 250 g/mol. The zero-order valence-electron chi connectivity index (χ0n) is 12.6. The fourth-order valence-electron chi connectivity index (χ4n) is 2.04. The van der Waals surface area contributed by atoms with Crippen molar-refractivity contribution in [2.45, 2.75) is 19.8 Å². The van der Waals surface area contributed by atoms with Crippen LogP contribution in [-0.2, 0) is 0 Å². The van der Waals surface area contributed by atoms with E-state index in [4.69, 9.17) is 4.74 Å². The maximum Gasteiger partial charge on any atom is 0.119 e. The van der Waals surface area contributed by atoms with Crippen LogP contribution in [0, 0.1) is 0 Å². The predicted molar refractivity (Wildman–Crippen MR) is 83.5 cm³/mol. The van der Waals surface area contributed by atoms with E-state index in [2.05, 4.69) is 41.1 Å². The molecule has 0 aromatic heterocycles. The largest absolute Gasteiger partial charge is 0.494 e. The normalized spacial score (nSPS) is 16.8. The third-order valence-electron chi connectivity index (χ3n) is 3.50. The molecule has 1 aromatic carbocycles. The van der Waals surface area contributed by atoms with Gasteiger partial charge in [-0.2, -0.15) is 5.10 Å². The first-order chi connectivity index (χ1) is 9.78. The summed E-state index contributed by atoms with van der Waals surface area (Å²) in [6.45, 7) is 7.14. The zero-order valence-corrected chi connectivity index (χ0v) is 12.6. The number of unbranched alkanes of at least 4 members (excludes halogenated alkanes) is 1. The van der Waals surface area contributed by atoms with Crippen molar-refractivity contribution in [2.24, 2.45) is 5.10 Å². The van der Waals surface area contributed by atoms with Gasteiger partial charge in [-0.25, -0.2) is 0 Å². The summed E-state index contributed by atoms with van der Waals surface area (Å²) in [6, 6.07) is 8.14. The highest BCUT2D eigenvalue weighted by Crippen LogP contribution is 2.12. The van der Waals surface area contributed by atoms with Crippen LogP contribution in [0.2, 0.25) is 0 Å². The number of likely N-dealkylation sites (N-methyl/N-ethyl adjacent to an activating group) is 1. The Bertz CT molecular complexity index is 408. The second-order valence-corrected chi connectivity index (χ2v) is 5.27. The molecule has 0 atom stereocenters. The maximum atomic E-state index is 5.65. The second kappa shape index (κ2) is 7.90. The van der Waals surface area contributed by atoms with Crippen LogP contribution in [0.1, 0.15) is 25.3 Å². The highest BCUT2D eigenvalue weighted by atomic mass is 16.5. The lowest BCUT2D eigenvalue weighted by Crippen LogP contribution is -2.41. The molecule has 0 aliphatic carbocycles. The molecule has 4 nitrogen and oxygen atoms in total. The van der Waals surface area contributed by atoms with Crippen LogP contribution in [-0.4, -0.2) is 56.0 Å². The van der Waals surface area contributed by atoms with E-state index >= 15 is 0 Å². The third-order valence-corrected chi connectivity index (χ3v) is 3.50. The molecule has 20 heavy (non-hydrogen) atoms. The summed E-state index contributed by atoms with van der Waals surface area (Å²) in [7, 11) is 2.15. The van der Waals surface area contributed by atoms with Crippen molar-refractivity contribution < 1.29 is 4.74 Å². The third kappa shape index (κ3) is 4.85. The van der Waals surface area contributed by atoms with Crippen LogP contribution in [0.25, 0.3) is 0 Å². The standard InChI is InChI=1S/C16H25N3O/c1-3-4-13-20-16-7-5-15(6-8-16)14-17-19-11-9-18(2)10-12-19/h5-8,14H,3-4,9-13H2,1-2H3/b17-14+. The molecule has 2 rings (SSSR count). The summed E-state index contributed by atoms with van der Waals surface area (Å²) in [5, 5.41) is 6.66. The van der Waals surface area contributed by atoms with E-state index in [1.165, 1.54) is 0 Å². The van der Waals surface area contributed by atoms with Gasteiger partial charge in [0.25, 0.3) is 0 Å². The fraction of sp³-hybridized carbons (Fsp3) is 0.562. The van der Waals surface area contributed by atoms with E-state index < -0.39 is 0 Å². The van der Waals surface area contributed by atoms with Crippen molar-refractivity contribution in [3.63, 3.8) is 0 Å². The average Bonchev–Trinajstić information content (AvgIpc) is 2.48. The molecule has 0 bridgehead atoms. The lowest BCUT2D eigenvalue weighted by Gasteiger charge is -2.30. The van der Waals surface area contributed by atoms with Gasteiger partial charge in [0.15, 0.2) is 0 Å². The molecule has 1 saturated heterocycles. The van der Waals surface area contributed by atoms with Crippen LogP contribution in [0.5, 0.6) is 5.75 Å². The minimum atomic E-state index is 0.797. The lowest BCUT2D eigenvalue weighted by molar-refractivity contribution is 0.159. The minimum Gasteiger partial charge on any atom is -0.494 e. The van der Waals surface area contributed by atoms with Crippen molar-refractivity contribution in [2.75, 3.05) is 39.8 Å². The van der Waals surface area contributed by atoms with Gasteiger partial charge in [0.05, 0.1) is 12.8 Å². The fourth-order valence-corrected chi connectivity index (χ4v) is 2.04. The highest BCUT2D eigenvalue weighted by Gasteiger charge is 2.10. The van der Waals surface area contributed by atoms with Gasteiger partial charge in [-0.15, -0.1) is 0 Å². The van der Waals surface area contributed by atoms with E-state index in [-0.39, 0.29) is 0 Å². The van der Waals surface area contributed by atoms with Gasteiger partial charge < -0.3 is 9.64 Å². The summed E-state index contributed by atoms with van der Waals surface area (Å²) in [4.78, 5) is 2.33. The van der Waals surface area contributed by atoms with Gasteiger partial charge in [0.1, 0.15) is 5.75 Å². The Morgan fingerprint density at radius 3 is 2.50 bits per heavy atom. The van der Waals surface area contributed by atoms with Crippen LogP contribution < -0.4 is 4.74 Å². The first kappa shape index (κ1) is 14.9. The number of rotatable bonds is 6. The van der Waals surface area contributed by atoms with E-state index in [0.29, 0.717) is 0 Å². The van der Waals surface area contributed by atoms with E-state index in [0.717, 1.165) is 56.9 Å². The van der Waals surface area contributed by atoms with Crippen molar-refractivity contribution in [3.05, 3.63) is 29.8 Å². The van der Waals surface area contributed by atoms with Gasteiger partial charge in [0.2, 0.25) is 0 Å². The van der Waals surface area contributed by atoms with E-state index in [1.807, 2.05) is 18.3 Å². The van der Waals surface area contributed by atoms with Crippen molar-refractivity contribution in [3.8, 4) is 5.75 Å². The van der Waals surface area contributed by atoms with Crippen molar-refractivity contribution >= 4 is 6.21 Å². The van der Waals surface area contributed by atoms with Crippen LogP contribution >= 0.6 is 0 Å². The summed E-state index contributed by atoms with van der Waals surface area (Å²) in [5.74, 6) is 0.940. The van der Waals surface area contributed by atoms with Gasteiger partial charge >= 0.3 is 0 Å². The lowest BCUT2D eigenvalue weighted by atomic mass is 10.2. The number of piperazine rings is 1. The quantitative estimate of drug-likeness (QED) is 0.589. The summed E-state index contributed by atoms with van der Waals surface area (Å²) < 4.78 is 5.65. The summed E-state index contributed by atoms with van der Waals surface area (Å²) in [5.41, 5.74) is 1.12. The number of hydrazone groups is 1. The number of benzene rings is 1. The number of ether oxygens (including phenoxy) is 1.